The molecule has 0 saturated heterocycles. The number of nitrogens with one attached hydrogen (secondary N) is 2. The summed E-state index contributed by atoms with van der Waals surface area (Å²) in [6, 6.07) is 16.3. The van der Waals surface area contributed by atoms with E-state index in [0.29, 0.717) is 6.54 Å². The molecule has 2 amide bonds. The molecule has 2 rings (SSSR count). The van der Waals surface area contributed by atoms with Gasteiger partial charge in [0, 0.05) is 12.2 Å². The number of aryl methyl sites for hydroxylation is 3. The van der Waals surface area contributed by atoms with E-state index < -0.39 is 0 Å². The summed E-state index contributed by atoms with van der Waals surface area (Å²) in [6.45, 7) is 4.75. The Hall–Kier alpha value is -2.29. The highest BCUT2D eigenvalue weighted by atomic mass is 16.2. The molecule has 0 saturated carbocycles. The summed E-state index contributed by atoms with van der Waals surface area (Å²) in [5, 5.41) is 5.79. The first-order valence-corrected chi connectivity index (χ1v) is 7.80. The van der Waals surface area contributed by atoms with Crippen molar-refractivity contribution in [3.8, 4) is 0 Å². The van der Waals surface area contributed by atoms with Crippen LogP contribution in [-0.2, 0) is 6.42 Å². The van der Waals surface area contributed by atoms with Crippen molar-refractivity contribution in [1.82, 2.24) is 5.32 Å². The largest absolute Gasteiger partial charge is 0.338 e. The average molecular weight is 296 g/mol. The first-order chi connectivity index (χ1) is 10.6. The van der Waals surface area contributed by atoms with Crippen LogP contribution < -0.4 is 10.6 Å². The van der Waals surface area contributed by atoms with Gasteiger partial charge in [0.2, 0.25) is 0 Å². The molecule has 116 valence electrons. The Morgan fingerprint density at radius 2 is 1.64 bits per heavy atom. The summed E-state index contributed by atoms with van der Waals surface area (Å²) in [5.41, 5.74) is 4.50. The van der Waals surface area contributed by atoms with Crippen LogP contribution >= 0.6 is 0 Å². The number of unbranched alkanes of at least 4 members (excludes halogenated alkanes) is 1. The first kappa shape index (κ1) is 16.1. The Kier molecular flexibility index (Phi) is 6.01. The zero-order valence-corrected chi connectivity index (χ0v) is 13.4. The van der Waals surface area contributed by atoms with Gasteiger partial charge in [0.25, 0.3) is 0 Å². The number of carbonyl (C=O) groups excluding carboxylic acids is 1. The number of anilines is 1. The van der Waals surface area contributed by atoms with Gasteiger partial charge in [-0.1, -0.05) is 36.4 Å². The number of carbonyl (C=O) groups is 1. The van der Waals surface area contributed by atoms with E-state index in [4.69, 9.17) is 0 Å². The highest BCUT2D eigenvalue weighted by Crippen LogP contribution is 2.13. The van der Waals surface area contributed by atoms with Crippen LogP contribution in [0.2, 0.25) is 0 Å². The molecule has 2 aromatic rings. The fourth-order valence-electron chi connectivity index (χ4n) is 2.52. The van der Waals surface area contributed by atoms with E-state index in [1.807, 2.05) is 32.0 Å². The van der Waals surface area contributed by atoms with E-state index in [9.17, 15) is 4.79 Å². The third-order valence-corrected chi connectivity index (χ3v) is 3.50. The van der Waals surface area contributed by atoms with Gasteiger partial charge < -0.3 is 10.6 Å². The summed E-state index contributed by atoms with van der Waals surface area (Å²) in [5.74, 6) is 0. The summed E-state index contributed by atoms with van der Waals surface area (Å²) < 4.78 is 0. The molecule has 0 unspecified atom stereocenters. The normalized spacial score (nSPS) is 10.3. The van der Waals surface area contributed by atoms with Crippen molar-refractivity contribution in [2.24, 2.45) is 0 Å². The monoisotopic (exact) mass is 296 g/mol. The predicted molar refractivity (Wildman–Crippen MR) is 92.3 cm³/mol. The van der Waals surface area contributed by atoms with E-state index >= 15 is 0 Å². The molecule has 0 atom stereocenters. The van der Waals surface area contributed by atoms with Crippen LogP contribution in [0.3, 0.4) is 0 Å². The molecule has 0 bridgehead atoms. The van der Waals surface area contributed by atoms with Crippen LogP contribution in [0, 0.1) is 13.8 Å². The van der Waals surface area contributed by atoms with E-state index in [2.05, 4.69) is 41.0 Å². The number of hydrogen-bond donors (Lipinski definition) is 2. The van der Waals surface area contributed by atoms with Gasteiger partial charge in [0.05, 0.1) is 0 Å². The van der Waals surface area contributed by atoms with Crippen LogP contribution in [0.5, 0.6) is 0 Å². The molecule has 0 aliphatic carbocycles. The number of hydrogen-bond acceptors (Lipinski definition) is 1. The van der Waals surface area contributed by atoms with Crippen molar-refractivity contribution < 1.29 is 4.79 Å². The highest BCUT2D eigenvalue weighted by molar-refractivity contribution is 5.89. The van der Waals surface area contributed by atoms with Crippen molar-refractivity contribution in [3.05, 3.63) is 65.2 Å². The maximum atomic E-state index is 11.8. The zero-order chi connectivity index (χ0) is 15.8. The van der Waals surface area contributed by atoms with Crippen molar-refractivity contribution >= 4 is 11.7 Å². The molecule has 2 aromatic carbocycles. The van der Waals surface area contributed by atoms with Crippen molar-refractivity contribution in [2.45, 2.75) is 33.1 Å². The first-order valence-electron chi connectivity index (χ1n) is 7.80. The minimum atomic E-state index is -0.135. The van der Waals surface area contributed by atoms with Gasteiger partial charge in [-0.05, 0) is 61.9 Å². The zero-order valence-electron chi connectivity index (χ0n) is 13.4. The SMILES string of the molecule is Cc1cc(C)cc(NC(=O)NCCCCc2ccccc2)c1. The summed E-state index contributed by atoms with van der Waals surface area (Å²) >= 11 is 0. The summed E-state index contributed by atoms with van der Waals surface area (Å²) in [6.07, 6.45) is 3.12. The highest BCUT2D eigenvalue weighted by Gasteiger charge is 2.02. The quantitative estimate of drug-likeness (QED) is 0.760. The summed E-state index contributed by atoms with van der Waals surface area (Å²) in [7, 11) is 0. The average Bonchev–Trinajstić information content (AvgIpc) is 2.47. The third kappa shape index (κ3) is 5.60. The third-order valence-electron chi connectivity index (χ3n) is 3.50. The molecule has 0 heterocycles. The second-order valence-corrected chi connectivity index (χ2v) is 5.70. The van der Waals surface area contributed by atoms with E-state index in [0.717, 1.165) is 36.1 Å². The fourth-order valence-corrected chi connectivity index (χ4v) is 2.52. The number of urea groups is 1. The van der Waals surface area contributed by atoms with Gasteiger partial charge in [0.1, 0.15) is 0 Å². The topological polar surface area (TPSA) is 41.1 Å². The van der Waals surface area contributed by atoms with Crippen molar-refractivity contribution in [3.63, 3.8) is 0 Å². The van der Waals surface area contributed by atoms with Gasteiger partial charge in [-0.2, -0.15) is 0 Å². The van der Waals surface area contributed by atoms with Crippen molar-refractivity contribution in [1.29, 1.82) is 0 Å². The maximum absolute atomic E-state index is 11.8. The Labute approximate surface area is 132 Å². The van der Waals surface area contributed by atoms with Crippen LogP contribution in [0.25, 0.3) is 0 Å². The molecule has 0 radical (unpaired) electrons. The van der Waals surface area contributed by atoms with E-state index in [1.165, 1.54) is 5.56 Å². The van der Waals surface area contributed by atoms with Gasteiger partial charge in [-0.3, -0.25) is 0 Å². The number of rotatable bonds is 6. The molecule has 0 aliphatic rings. The molecule has 0 aromatic heterocycles. The Morgan fingerprint density at radius 1 is 0.955 bits per heavy atom. The van der Waals surface area contributed by atoms with Gasteiger partial charge in [-0.15, -0.1) is 0 Å². The molecule has 3 heteroatoms. The molecule has 22 heavy (non-hydrogen) atoms. The van der Waals surface area contributed by atoms with Crippen LogP contribution in [0.15, 0.2) is 48.5 Å². The molecule has 0 fully saturated rings. The molecular weight excluding hydrogens is 272 g/mol. The van der Waals surface area contributed by atoms with E-state index in [1.54, 1.807) is 0 Å². The lowest BCUT2D eigenvalue weighted by Gasteiger charge is -2.09. The number of benzene rings is 2. The molecule has 0 aliphatic heterocycles. The fraction of sp³-hybridized carbons (Fsp3) is 0.316. The molecular formula is C19H24N2O. The molecule has 2 N–H and O–H groups in total. The van der Waals surface area contributed by atoms with Gasteiger partial charge >= 0.3 is 6.03 Å². The van der Waals surface area contributed by atoms with Crippen LogP contribution in [-0.4, -0.2) is 12.6 Å². The predicted octanol–water partition coefficient (Wildman–Crippen LogP) is 4.45. The summed E-state index contributed by atoms with van der Waals surface area (Å²) in [4.78, 5) is 11.8. The van der Waals surface area contributed by atoms with Crippen molar-refractivity contribution in [2.75, 3.05) is 11.9 Å². The number of amides is 2. The maximum Gasteiger partial charge on any atom is 0.319 e. The molecule has 0 spiro atoms. The van der Waals surface area contributed by atoms with Crippen LogP contribution in [0.1, 0.15) is 29.5 Å². The Bertz CT molecular complexity index is 588. The standard InChI is InChI=1S/C19H24N2O/c1-15-12-16(2)14-18(13-15)21-19(22)20-11-7-6-10-17-8-4-3-5-9-17/h3-5,8-9,12-14H,6-7,10-11H2,1-2H3,(H2,20,21,22). The minimum absolute atomic E-state index is 0.135. The van der Waals surface area contributed by atoms with Gasteiger partial charge in [-0.25, -0.2) is 4.79 Å². The Morgan fingerprint density at radius 3 is 2.32 bits per heavy atom. The van der Waals surface area contributed by atoms with Crippen LogP contribution in [0.4, 0.5) is 10.5 Å². The smallest absolute Gasteiger partial charge is 0.319 e. The lowest BCUT2D eigenvalue weighted by atomic mass is 10.1. The lowest BCUT2D eigenvalue weighted by Crippen LogP contribution is -2.29. The second-order valence-electron chi connectivity index (χ2n) is 5.70. The second kappa shape index (κ2) is 8.23. The Balaban J connectivity index is 1.65. The molecule has 3 nitrogen and oxygen atoms in total. The lowest BCUT2D eigenvalue weighted by molar-refractivity contribution is 0.252. The van der Waals surface area contributed by atoms with Gasteiger partial charge in [0.15, 0.2) is 0 Å². The van der Waals surface area contributed by atoms with E-state index in [-0.39, 0.29) is 6.03 Å². The minimum Gasteiger partial charge on any atom is -0.338 e.